The highest BCUT2D eigenvalue weighted by atomic mass is 19.1. The topological polar surface area (TPSA) is 50.8 Å². The Morgan fingerprint density at radius 2 is 2.12 bits per heavy atom. The molecule has 1 heterocycles. The van der Waals surface area contributed by atoms with Gasteiger partial charge in [-0.05, 0) is 12.1 Å². The average Bonchev–Trinajstić information content (AvgIpc) is 2.77. The van der Waals surface area contributed by atoms with E-state index in [4.69, 9.17) is 4.74 Å². The van der Waals surface area contributed by atoms with E-state index in [-0.39, 0.29) is 11.5 Å². The van der Waals surface area contributed by atoms with E-state index >= 15 is 0 Å². The average molecular weight is 235 g/mol. The maximum atomic E-state index is 13.8. The van der Waals surface area contributed by atoms with E-state index in [9.17, 15) is 4.39 Å². The number of nitrogens with zero attached hydrogens (tertiary/aromatic N) is 2. The van der Waals surface area contributed by atoms with Gasteiger partial charge in [0.25, 0.3) is 0 Å². The Kier molecular flexibility index (Phi) is 3.08. The molecule has 0 bridgehead atoms. The second kappa shape index (κ2) is 4.53. The fraction of sp³-hybridized carbons (Fsp3) is 0.333. The molecular weight excluding hydrogens is 221 g/mol. The smallest absolute Gasteiger partial charge is 0.187 e. The third-order valence-electron chi connectivity index (χ3n) is 2.47. The number of aromatic nitrogens is 3. The molecule has 1 aromatic carbocycles. The number of halogens is 1. The van der Waals surface area contributed by atoms with Crippen LogP contribution < -0.4 is 4.74 Å². The maximum Gasteiger partial charge on any atom is 0.187 e. The van der Waals surface area contributed by atoms with E-state index < -0.39 is 5.82 Å². The lowest BCUT2D eigenvalue weighted by Gasteiger charge is -2.05. The predicted molar refractivity (Wildman–Crippen MR) is 62.4 cm³/mol. The van der Waals surface area contributed by atoms with Gasteiger partial charge in [0.05, 0.1) is 12.7 Å². The lowest BCUT2D eigenvalue weighted by molar-refractivity contribution is 0.413. The Morgan fingerprint density at radius 1 is 1.35 bits per heavy atom. The fourth-order valence-electron chi connectivity index (χ4n) is 1.54. The Morgan fingerprint density at radius 3 is 2.71 bits per heavy atom. The van der Waals surface area contributed by atoms with Crippen molar-refractivity contribution in [1.82, 2.24) is 15.2 Å². The number of hydrogen-bond acceptors (Lipinski definition) is 3. The molecule has 0 spiro atoms. The van der Waals surface area contributed by atoms with Gasteiger partial charge in [0.2, 0.25) is 0 Å². The highest BCUT2D eigenvalue weighted by Crippen LogP contribution is 2.30. The zero-order chi connectivity index (χ0) is 12.4. The van der Waals surface area contributed by atoms with Crippen LogP contribution >= 0.6 is 0 Å². The molecule has 0 radical (unpaired) electrons. The summed E-state index contributed by atoms with van der Waals surface area (Å²) in [5.74, 6) is 1.31. The monoisotopic (exact) mass is 235 g/mol. The van der Waals surface area contributed by atoms with Crippen molar-refractivity contribution in [2.24, 2.45) is 0 Å². The normalized spacial score (nSPS) is 10.9. The zero-order valence-electron chi connectivity index (χ0n) is 9.99. The molecular formula is C12H14FN3O. The van der Waals surface area contributed by atoms with E-state index in [2.05, 4.69) is 15.2 Å². The molecule has 90 valence electrons. The van der Waals surface area contributed by atoms with Gasteiger partial charge < -0.3 is 4.74 Å². The van der Waals surface area contributed by atoms with Crippen LogP contribution in [0.1, 0.15) is 25.6 Å². The van der Waals surface area contributed by atoms with Crippen LogP contribution in [0.4, 0.5) is 4.39 Å². The Bertz CT molecular complexity index is 522. The second-order valence-electron chi connectivity index (χ2n) is 4.02. The Hall–Kier alpha value is -1.91. The third-order valence-corrected chi connectivity index (χ3v) is 2.47. The van der Waals surface area contributed by atoms with Crippen LogP contribution in [0.25, 0.3) is 11.4 Å². The minimum Gasteiger partial charge on any atom is -0.496 e. The highest BCUT2D eigenvalue weighted by Gasteiger charge is 2.16. The number of ether oxygens (including phenoxy) is 1. The summed E-state index contributed by atoms with van der Waals surface area (Å²) in [5, 5.41) is 6.82. The molecule has 0 atom stereocenters. The summed E-state index contributed by atoms with van der Waals surface area (Å²) in [7, 11) is 1.49. The van der Waals surface area contributed by atoms with Crippen LogP contribution in [0.5, 0.6) is 5.75 Å². The minimum absolute atomic E-state index is 0.217. The molecule has 5 heteroatoms. The van der Waals surface area contributed by atoms with Crippen molar-refractivity contribution in [3.8, 4) is 17.1 Å². The van der Waals surface area contributed by atoms with Gasteiger partial charge in [-0.2, -0.15) is 5.10 Å². The van der Waals surface area contributed by atoms with Gasteiger partial charge >= 0.3 is 0 Å². The van der Waals surface area contributed by atoms with Gasteiger partial charge in [-0.25, -0.2) is 9.37 Å². The molecule has 2 aromatic rings. The van der Waals surface area contributed by atoms with Crippen molar-refractivity contribution in [1.29, 1.82) is 0 Å². The molecule has 1 aromatic heterocycles. The molecule has 1 N–H and O–H groups in total. The van der Waals surface area contributed by atoms with Gasteiger partial charge in [0, 0.05) is 5.92 Å². The summed E-state index contributed by atoms with van der Waals surface area (Å²) >= 11 is 0. The van der Waals surface area contributed by atoms with Crippen LogP contribution in [-0.2, 0) is 0 Å². The lowest BCUT2D eigenvalue weighted by atomic mass is 10.1. The number of nitrogens with one attached hydrogen (secondary N) is 1. The van der Waals surface area contributed by atoms with Crippen molar-refractivity contribution in [3.05, 3.63) is 29.8 Å². The summed E-state index contributed by atoms with van der Waals surface area (Å²) in [6.45, 7) is 3.98. The second-order valence-corrected chi connectivity index (χ2v) is 4.02. The van der Waals surface area contributed by atoms with Gasteiger partial charge in [0.1, 0.15) is 17.4 Å². The largest absolute Gasteiger partial charge is 0.496 e. The van der Waals surface area contributed by atoms with Crippen molar-refractivity contribution in [2.75, 3.05) is 7.11 Å². The molecule has 0 saturated carbocycles. The molecule has 0 unspecified atom stereocenters. The van der Waals surface area contributed by atoms with Crippen molar-refractivity contribution in [3.63, 3.8) is 0 Å². The summed E-state index contributed by atoms with van der Waals surface area (Å²) in [6, 6.07) is 4.64. The van der Waals surface area contributed by atoms with Gasteiger partial charge in [-0.1, -0.05) is 19.9 Å². The SMILES string of the molecule is COc1cccc(F)c1-c1n[nH]c(C(C)C)n1. The quantitative estimate of drug-likeness (QED) is 0.889. The molecule has 0 fully saturated rings. The molecule has 0 aliphatic rings. The first-order chi connectivity index (χ1) is 8.13. The fourth-order valence-corrected chi connectivity index (χ4v) is 1.54. The summed E-state index contributed by atoms with van der Waals surface area (Å²) in [6.07, 6.45) is 0. The van der Waals surface area contributed by atoms with Crippen molar-refractivity contribution in [2.45, 2.75) is 19.8 Å². The van der Waals surface area contributed by atoms with Gasteiger partial charge in [-0.15, -0.1) is 0 Å². The molecule has 0 saturated heterocycles. The summed E-state index contributed by atoms with van der Waals surface area (Å²) < 4.78 is 18.9. The number of methoxy groups -OCH3 is 1. The number of rotatable bonds is 3. The molecule has 0 aliphatic carbocycles. The molecule has 0 aliphatic heterocycles. The van der Waals surface area contributed by atoms with E-state index in [1.807, 2.05) is 13.8 Å². The van der Waals surface area contributed by atoms with E-state index in [0.29, 0.717) is 11.6 Å². The van der Waals surface area contributed by atoms with Crippen LogP contribution in [0, 0.1) is 5.82 Å². The lowest BCUT2D eigenvalue weighted by Crippen LogP contribution is -1.93. The molecule has 2 rings (SSSR count). The summed E-state index contributed by atoms with van der Waals surface area (Å²) in [4.78, 5) is 4.26. The van der Waals surface area contributed by atoms with E-state index in [1.165, 1.54) is 13.2 Å². The van der Waals surface area contributed by atoms with Crippen LogP contribution in [0.3, 0.4) is 0 Å². The van der Waals surface area contributed by atoms with Gasteiger partial charge in [0.15, 0.2) is 5.82 Å². The zero-order valence-corrected chi connectivity index (χ0v) is 9.99. The number of hydrogen-bond donors (Lipinski definition) is 1. The van der Waals surface area contributed by atoms with Crippen molar-refractivity contribution < 1.29 is 9.13 Å². The molecule has 17 heavy (non-hydrogen) atoms. The van der Waals surface area contributed by atoms with Gasteiger partial charge in [-0.3, -0.25) is 5.10 Å². The Balaban J connectivity index is 2.51. The molecule has 0 amide bonds. The first-order valence-corrected chi connectivity index (χ1v) is 5.38. The third kappa shape index (κ3) is 2.13. The first kappa shape index (κ1) is 11.6. The standard InChI is InChI=1S/C12H14FN3O/c1-7(2)11-14-12(16-15-11)10-8(13)5-4-6-9(10)17-3/h4-7H,1-3H3,(H,14,15,16). The predicted octanol–water partition coefficient (Wildman–Crippen LogP) is 2.74. The van der Waals surface area contributed by atoms with Crippen LogP contribution in [0.2, 0.25) is 0 Å². The Labute approximate surface area is 98.8 Å². The number of H-pyrrole nitrogens is 1. The van der Waals surface area contributed by atoms with Crippen LogP contribution in [-0.4, -0.2) is 22.3 Å². The minimum atomic E-state index is -0.390. The summed E-state index contributed by atoms with van der Waals surface area (Å²) in [5.41, 5.74) is 0.290. The van der Waals surface area contributed by atoms with Crippen LogP contribution in [0.15, 0.2) is 18.2 Å². The number of aromatic amines is 1. The molecule has 4 nitrogen and oxygen atoms in total. The van der Waals surface area contributed by atoms with Crippen molar-refractivity contribution >= 4 is 0 Å². The van der Waals surface area contributed by atoms with E-state index in [1.54, 1.807) is 12.1 Å². The van der Waals surface area contributed by atoms with E-state index in [0.717, 1.165) is 5.82 Å². The first-order valence-electron chi connectivity index (χ1n) is 5.38. The highest BCUT2D eigenvalue weighted by molar-refractivity contribution is 5.64. The number of benzene rings is 1. The maximum absolute atomic E-state index is 13.8.